The fourth-order valence-corrected chi connectivity index (χ4v) is 9.36. The van der Waals surface area contributed by atoms with Gasteiger partial charge in [0.05, 0.1) is 38.6 Å². The summed E-state index contributed by atoms with van der Waals surface area (Å²) >= 11 is 1.30. The zero-order valence-electron chi connectivity index (χ0n) is 24.4. The number of ether oxygens (including phenoxy) is 1. The van der Waals surface area contributed by atoms with Crippen LogP contribution in [0, 0.1) is 6.92 Å². The van der Waals surface area contributed by atoms with E-state index >= 15 is 0 Å². The number of nitrogens with zero attached hydrogens (tertiary/aromatic N) is 6. The number of thiophene rings is 1. The lowest BCUT2D eigenvalue weighted by molar-refractivity contribution is -0.137. The second-order valence-corrected chi connectivity index (χ2v) is 14.0. The lowest BCUT2D eigenvalue weighted by Crippen LogP contribution is -2.67. The van der Waals surface area contributed by atoms with Crippen molar-refractivity contribution in [3.63, 3.8) is 0 Å². The van der Waals surface area contributed by atoms with Gasteiger partial charge < -0.3 is 15.0 Å². The van der Waals surface area contributed by atoms with Crippen LogP contribution in [-0.4, -0.2) is 86.6 Å². The molecule has 0 radical (unpaired) electrons. The third-order valence-corrected chi connectivity index (χ3v) is 11.2. The van der Waals surface area contributed by atoms with E-state index in [4.69, 9.17) is 14.7 Å². The molecule has 2 unspecified atom stereocenters. The molecule has 10 rings (SSSR count). The van der Waals surface area contributed by atoms with E-state index in [1.807, 2.05) is 6.07 Å². The minimum Gasteiger partial charge on any atom is -0.461 e. The Balaban J connectivity index is 1.22. The number of aromatic amines is 1. The summed E-state index contributed by atoms with van der Waals surface area (Å²) in [5.41, 5.74) is -0.256. The molecule has 45 heavy (non-hydrogen) atoms. The minimum atomic E-state index is -4.61. The summed E-state index contributed by atoms with van der Waals surface area (Å²) in [5, 5.41) is 12.3. The number of alkyl halides is 4. The predicted octanol–water partition coefficient (Wildman–Crippen LogP) is 5.62. The quantitative estimate of drug-likeness (QED) is 0.240. The van der Waals surface area contributed by atoms with Crippen LogP contribution < -0.4 is 15.0 Å². The molecule has 1 aromatic carbocycles. The lowest BCUT2D eigenvalue weighted by Gasteiger charge is -2.48. The molecule has 2 bridgehead atoms. The SMILES string of the molecule is Cc1cc2[nH]ncc2c(-c2nccc3c2sc2nc(OC[C@@]45CCCN4C[C@H](F)C5)nc(N4CC5CC(C4)N5)c23)c1C(F)(F)F. The number of halogens is 4. The van der Waals surface area contributed by atoms with E-state index in [0.717, 1.165) is 49.7 Å². The van der Waals surface area contributed by atoms with E-state index in [2.05, 4.69) is 30.3 Å². The van der Waals surface area contributed by atoms with Gasteiger partial charge in [0, 0.05) is 60.7 Å². The molecule has 5 saturated heterocycles. The molecule has 5 aliphatic heterocycles. The first-order valence-electron chi connectivity index (χ1n) is 15.3. The van der Waals surface area contributed by atoms with Crippen LogP contribution in [0.3, 0.4) is 0 Å². The number of piperazine rings is 1. The molecule has 9 heterocycles. The first-order chi connectivity index (χ1) is 21.7. The molecular weight excluding hydrogens is 608 g/mol. The number of aryl methyl sites for hydroxylation is 1. The van der Waals surface area contributed by atoms with E-state index in [1.165, 1.54) is 30.5 Å². The molecule has 5 fully saturated rings. The number of anilines is 1. The summed E-state index contributed by atoms with van der Waals surface area (Å²) in [4.78, 5) is 19.4. The van der Waals surface area contributed by atoms with Gasteiger partial charge in [0.25, 0.3) is 0 Å². The second kappa shape index (κ2) is 9.69. The average molecular weight is 639 g/mol. The maximum Gasteiger partial charge on any atom is 0.417 e. The van der Waals surface area contributed by atoms with Crippen LogP contribution >= 0.6 is 11.3 Å². The van der Waals surface area contributed by atoms with Crippen molar-refractivity contribution >= 4 is 48.4 Å². The number of piperidine rings is 1. The highest BCUT2D eigenvalue weighted by Gasteiger charge is 2.49. The van der Waals surface area contributed by atoms with Crippen molar-refractivity contribution in [1.29, 1.82) is 0 Å². The molecule has 0 amide bonds. The normalized spacial score (nSPS) is 26.7. The van der Waals surface area contributed by atoms with E-state index in [0.29, 0.717) is 57.9 Å². The lowest BCUT2D eigenvalue weighted by atomic mass is 9.91. The molecule has 9 nitrogen and oxygen atoms in total. The number of H-pyrrole nitrogens is 1. The van der Waals surface area contributed by atoms with Crippen molar-refractivity contribution < 1.29 is 22.3 Å². The third kappa shape index (κ3) is 4.24. The Morgan fingerprint density at radius 2 is 1.98 bits per heavy atom. The number of nitrogens with one attached hydrogen (secondary N) is 2. The van der Waals surface area contributed by atoms with Crippen LogP contribution in [0.2, 0.25) is 0 Å². The summed E-state index contributed by atoms with van der Waals surface area (Å²) in [6, 6.07) is 4.21. The molecule has 4 aromatic heterocycles. The third-order valence-electron chi connectivity index (χ3n) is 10.1. The zero-order chi connectivity index (χ0) is 30.7. The molecule has 0 saturated carbocycles. The summed E-state index contributed by atoms with van der Waals surface area (Å²) < 4.78 is 65.2. The van der Waals surface area contributed by atoms with E-state index in [-0.39, 0.29) is 28.4 Å². The summed E-state index contributed by atoms with van der Waals surface area (Å²) in [6.07, 6.45) is 0.897. The summed E-state index contributed by atoms with van der Waals surface area (Å²) in [7, 11) is 0. The van der Waals surface area contributed by atoms with Crippen LogP contribution in [0.5, 0.6) is 6.01 Å². The molecule has 234 valence electrons. The maximum absolute atomic E-state index is 14.6. The fourth-order valence-electron chi connectivity index (χ4n) is 8.21. The van der Waals surface area contributed by atoms with Crippen LogP contribution in [0.15, 0.2) is 24.5 Å². The Labute approximate surface area is 259 Å². The molecule has 0 spiro atoms. The van der Waals surface area contributed by atoms with Gasteiger partial charge in [0.1, 0.15) is 23.4 Å². The van der Waals surface area contributed by atoms with Gasteiger partial charge in [-0.15, -0.1) is 11.3 Å². The van der Waals surface area contributed by atoms with E-state index in [1.54, 1.807) is 6.20 Å². The Kier molecular flexibility index (Phi) is 5.96. The Bertz CT molecular complexity index is 1980. The number of hydrogen-bond acceptors (Lipinski definition) is 9. The number of benzene rings is 1. The standard InChI is InChI=1S/C31H30F4N8OS/c1-15-7-21-20(10-37-41-21)22(24(15)31(33,34)35)25-26-19(3-5-36-25)23-27(42-12-17-8-18(13-42)38-17)39-29(40-28(23)45-26)44-14-30-4-2-6-43(30)11-16(32)9-30/h3,5,7,10,16-18,38H,2,4,6,8-9,11-14H2,1H3,(H,37,41)/t16-,17?,18?,30+/m1/s1. The van der Waals surface area contributed by atoms with Crippen LogP contribution in [0.4, 0.5) is 23.4 Å². The highest BCUT2D eigenvalue weighted by molar-refractivity contribution is 7.26. The van der Waals surface area contributed by atoms with Crippen molar-refractivity contribution in [2.45, 2.75) is 62.6 Å². The number of hydrogen-bond donors (Lipinski definition) is 2. The maximum atomic E-state index is 14.6. The molecule has 2 N–H and O–H groups in total. The summed E-state index contributed by atoms with van der Waals surface area (Å²) in [6.45, 7) is 4.54. The van der Waals surface area contributed by atoms with Crippen molar-refractivity contribution in [1.82, 2.24) is 35.4 Å². The molecule has 14 heteroatoms. The van der Waals surface area contributed by atoms with Crippen molar-refractivity contribution in [2.75, 3.05) is 37.7 Å². The number of pyridine rings is 1. The first kappa shape index (κ1) is 27.7. The van der Waals surface area contributed by atoms with Crippen molar-refractivity contribution in [3.05, 3.63) is 35.7 Å². The molecule has 5 aromatic rings. The Morgan fingerprint density at radius 3 is 2.78 bits per heavy atom. The zero-order valence-corrected chi connectivity index (χ0v) is 25.2. The topological polar surface area (TPSA) is 95.1 Å². The van der Waals surface area contributed by atoms with Crippen LogP contribution in [0.1, 0.15) is 36.8 Å². The fraction of sp³-hybridized carbons (Fsp3) is 0.484. The molecule has 5 aliphatic rings. The van der Waals surface area contributed by atoms with Gasteiger partial charge in [-0.3, -0.25) is 15.0 Å². The molecule has 0 aliphatic carbocycles. The van der Waals surface area contributed by atoms with Crippen molar-refractivity contribution in [2.24, 2.45) is 0 Å². The highest BCUT2D eigenvalue weighted by atomic mass is 32.1. The summed E-state index contributed by atoms with van der Waals surface area (Å²) in [5.74, 6) is 0.707. The molecular formula is C31H30F4N8OS. The van der Waals surface area contributed by atoms with E-state index in [9.17, 15) is 17.6 Å². The Hall–Kier alpha value is -3.62. The predicted molar refractivity (Wildman–Crippen MR) is 164 cm³/mol. The van der Waals surface area contributed by atoms with Gasteiger partial charge in [0.15, 0.2) is 0 Å². The Morgan fingerprint density at radius 1 is 1.16 bits per heavy atom. The number of rotatable bonds is 5. The van der Waals surface area contributed by atoms with Gasteiger partial charge in [0.2, 0.25) is 0 Å². The first-order valence-corrected chi connectivity index (χ1v) is 16.1. The number of aromatic nitrogens is 5. The van der Waals surface area contributed by atoms with Gasteiger partial charge in [-0.1, -0.05) is 0 Å². The average Bonchev–Trinajstić information content (AvgIpc) is 3.75. The smallest absolute Gasteiger partial charge is 0.417 e. The highest BCUT2D eigenvalue weighted by Crippen LogP contribution is 2.48. The van der Waals surface area contributed by atoms with Gasteiger partial charge >= 0.3 is 12.2 Å². The second-order valence-electron chi connectivity index (χ2n) is 13.0. The van der Waals surface area contributed by atoms with Crippen LogP contribution in [0.25, 0.3) is 42.5 Å². The van der Waals surface area contributed by atoms with Gasteiger partial charge in [-0.2, -0.15) is 28.2 Å². The van der Waals surface area contributed by atoms with Gasteiger partial charge in [-0.05, 0) is 50.4 Å². The van der Waals surface area contributed by atoms with E-state index < -0.39 is 17.9 Å². The van der Waals surface area contributed by atoms with Gasteiger partial charge in [-0.25, -0.2) is 4.39 Å². The number of fused-ring (bicyclic) bond motifs is 7. The van der Waals surface area contributed by atoms with Crippen LogP contribution in [-0.2, 0) is 6.18 Å². The molecule has 4 atom stereocenters. The minimum absolute atomic E-state index is 0.000223. The largest absolute Gasteiger partial charge is 0.461 e. The monoisotopic (exact) mass is 638 g/mol. The van der Waals surface area contributed by atoms with Crippen molar-refractivity contribution in [3.8, 4) is 17.3 Å².